The van der Waals surface area contributed by atoms with E-state index in [4.69, 9.17) is 23.1 Å². The van der Waals surface area contributed by atoms with Crippen molar-refractivity contribution >= 4 is 24.2 Å². The summed E-state index contributed by atoms with van der Waals surface area (Å²) in [5.41, 5.74) is 8.76. The van der Waals surface area contributed by atoms with Gasteiger partial charge in [-0.3, -0.25) is 19.2 Å². The van der Waals surface area contributed by atoms with Crippen LogP contribution in [0.25, 0.3) is 17.5 Å². The van der Waals surface area contributed by atoms with Crippen molar-refractivity contribution in [1.29, 1.82) is 0 Å². The first-order valence-corrected chi connectivity index (χ1v) is 11.6. The van der Waals surface area contributed by atoms with Gasteiger partial charge in [0.1, 0.15) is 6.54 Å². The van der Waals surface area contributed by atoms with Crippen LogP contribution in [0.3, 0.4) is 0 Å². The summed E-state index contributed by atoms with van der Waals surface area (Å²) in [5.74, 6) is 0.240. The van der Waals surface area contributed by atoms with Crippen molar-refractivity contribution in [3.05, 3.63) is 76.6 Å². The van der Waals surface area contributed by atoms with Crippen LogP contribution < -0.4 is 5.73 Å². The van der Waals surface area contributed by atoms with Crippen LogP contribution in [0, 0.1) is 11.7 Å². The molecule has 0 bridgehead atoms. The number of hydrogen-bond donors (Lipinski definition) is 1. The van der Waals surface area contributed by atoms with E-state index in [-0.39, 0.29) is 6.54 Å². The highest BCUT2D eigenvalue weighted by atomic mass is 32.1. The van der Waals surface area contributed by atoms with Crippen LogP contribution in [0.15, 0.2) is 60.7 Å². The summed E-state index contributed by atoms with van der Waals surface area (Å²) in [6.07, 6.45) is 4.39. The Kier molecular flexibility index (Phi) is 7.49. The zero-order valence-electron chi connectivity index (χ0n) is 18.9. The van der Waals surface area contributed by atoms with Gasteiger partial charge >= 0.3 is 0 Å². The van der Waals surface area contributed by atoms with Crippen LogP contribution in [0.4, 0.5) is 0 Å². The first kappa shape index (κ1) is 23.1. The zero-order chi connectivity index (χ0) is 23.2. The number of benzene rings is 2. The van der Waals surface area contributed by atoms with E-state index in [0.717, 1.165) is 43.9 Å². The third-order valence-corrected chi connectivity index (χ3v) is 6.22. The van der Waals surface area contributed by atoms with Gasteiger partial charge in [-0.15, -0.1) is 0 Å². The highest BCUT2D eigenvalue weighted by Crippen LogP contribution is 2.20. The number of carbonyl (C=O) groups is 1. The topological polar surface area (TPSA) is 72.3 Å². The fourth-order valence-electron chi connectivity index (χ4n) is 4.03. The molecule has 3 aromatic rings. The van der Waals surface area contributed by atoms with Crippen LogP contribution in [-0.2, 0) is 18.0 Å². The Morgan fingerprint density at radius 1 is 1.06 bits per heavy atom. The van der Waals surface area contributed by atoms with E-state index in [1.807, 2.05) is 37.3 Å². The third-order valence-electron chi connectivity index (χ3n) is 5.79. The second kappa shape index (κ2) is 10.7. The highest BCUT2D eigenvalue weighted by Gasteiger charge is 2.19. The summed E-state index contributed by atoms with van der Waals surface area (Å²) in [5, 5.41) is 4.77. The molecular weight excluding hydrogens is 432 g/mol. The Morgan fingerprint density at radius 3 is 2.48 bits per heavy atom. The highest BCUT2D eigenvalue weighted by molar-refractivity contribution is 7.71. The third kappa shape index (κ3) is 6.04. The van der Waals surface area contributed by atoms with Crippen molar-refractivity contribution < 1.29 is 4.79 Å². The maximum absolute atomic E-state index is 11.7. The molecule has 4 rings (SSSR count). The number of aromatic nitrogens is 3. The average molecular weight is 463 g/mol. The van der Waals surface area contributed by atoms with Crippen molar-refractivity contribution in [3.63, 3.8) is 0 Å². The molecule has 0 atom stereocenters. The monoisotopic (exact) mass is 462 g/mol. The number of hydrogen-bond acceptors (Lipinski definition) is 5. The molecule has 1 aliphatic rings. The molecule has 0 spiro atoms. The standard InChI is InChI=1S/C25H30N6OS/c1-20-7-5-11-22(17-20)24-27-31(25(33)30(24)18-23(26)32)19-29-15-13-28(14-16-29)12-6-10-21-8-3-2-4-9-21/h2-11,17H,12-16,18-19H2,1H3,(H2,26,32). The summed E-state index contributed by atoms with van der Waals surface area (Å²) in [7, 11) is 0. The summed E-state index contributed by atoms with van der Waals surface area (Å²) >= 11 is 5.67. The molecule has 33 heavy (non-hydrogen) atoms. The molecule has 0 saturated carbocycles. The number of piperazine rings is 1. The van der Waals surface area contributed by atoms with Gasteiger partial charge < -0.3 is 5.73 Å². The van der Waals surface area contributed by atoms with Crippen LogP contribution in [0.1, 0.15) is 11.1 Å². The van der Waals surface area contributed by atoms with Crippen LogP contribution >= 0.6 is 12.2 Å². The summed E-state index contributed by atoms with van der Waals surface area (Å²) < 4.78 is 4.05. The van der Waals surface area contributed by atoms with Gasteiger partial charge in [-0.05, 0) is 30.8 Å². The van der Waals surface area contributed by atoms with Gasteiger partial charge in [-0.1, -0.05) is 66.2 Å². The molecule has 1 fully saturated rings. The van der Waals surface area contributed by atoms with E-state index >= 15 is 0 Å². The number of nitrogens with zero attached hydrogens (tertiary/aromatic N) is 5. The van der Waals surface area contributed by atoms with Crippen LogP contribution in [0.5, 0.6) is 0 Å². The van der Waals surface area contributed by atoms with E-state index in [0.29, 0.717) is 17.3 Å². The van der Waals surface area contributed by atoms with Gasteiger partial charge in [0.25, 0.3) is 0 Å². The zero-order valence-corrected chi connectivity index (χ0v) is 19.7. The predicted molar refractivity (Wildman–Crippen MR) is 134 cm³/mol. The smallest absolute Gasteiger partial charge is 0.237 e. The average Bonchev–Trinajstić information content (AvgIpc) is 3.10. The molecule has 2 aromatic carbocycles. The first-order valence-electron chi connectivity index (χ1n) is 11.2. The normalized spacial score (nSPS) is 15.3. The second-order valence-corrected chi connectivity index (χ2v) is 8.77. The van der Waals surface area contributed by atoms with Crippen molar-refractivity contribution in [2.45, 2.75) is 20.1 Å². The largest absolute Gasteiger partial charge is 0.368 e. The Balaban J connectivity index is 1.40. The summed E-state index contributed by atoms with van der Waals surface area (Å²) in [6.45, 7) is 7.42. The van der Waals surface area contributed by atoms with Gasteiger partial charge in [-0.25, -0.2) is 4.68 Å². The molecule has 0 unspecified atom stereocenters. The molecule has 172 valence electrons. The lowest BCUT2D eigenvalue weighted by molar-refractivity contribution is -0.118. The number of amides is 1. The number of aryl methyl sites for hydroxylation is 1. The van der Waals surface area contributed by atoms with Crippen molar-refractivity contribution in [1.82, 2.24) is 24.1 Å². The molecule has 1 aromatic heterocycles. The predicted octanol–water partition coefficient (Wildman–Crippen LogP) is 3.16. The molecule has 2 N–H and O–H groups in total. The number of carbonyl (C=O) groups excluding carboxylic acids is 1. The molecule has 8 heteroatoms. The van der Waals surface area contributed by atoms with Gasteiger partial charge in [0.15, 0.2) is 10.6 Å². The second-order valence-electron chi connectivity index (χ2n) is 8.40. The minimum Gasteiger partial charge on any atom is -0.368 e. The minimum absolute atomic E-state index is 0.0175. The van der Waals surface area contributed by atoms with E-state index in [2.05, 4.69) is 46.2 Å². The van der Waals surface area contributed by atoms with Gasteiger partial charge in [-0.2, -0.15) is 5.10 Å². The summed E-state index contributed by atoms with van der Waals surface area (Å²) in [4.78, 5) is 16.5. The van der Waals surface area contributed by atoms with Crippen molar-refractivity contribution in [3.8, 4) is 11.4 Å². The lowest BCUT2D eigenvalue weighted by atomic mass is 10.1. The van der Waals surface area contributed by atoms with Gasteiger partial charge in [0.2, 0.25) is 5.91 Å². The number of nitrogens with two attached hydrogens (primary N) is 1. The van der Waals surface area contributed by atoms with E-state index in [1.165, 1.54) is 5.56 Å². The lowest BCUT2D eigenvalue weighted by Crippen LogP contribution is -2.46. The molecule has 1 aliphatic heterocycles. The Bertz CT molecular complexity index is 1180. The van der Waals surface area contributed by atoms with Crippen LogP contribution in [0.2, 0.25) is 0 Å². The van der Waals surface area contributed by atoms with Crippen LogP contribution in [-0.4, -0.2) is 62.8 Å². The van der Waals surface area contributed by atoms with E-state index in [1.54, 1.807) is 9.25 Å². The fraction of sp³-hybridized carbons (Fsp3) is 0.320. The Morgan fingerprint density at radius 2 is 1.79 bits per heavy atom. The molecule has 7 nitrogen and oxygen atoms in total. The van der Waals surface area contributed by atoms with Gasteiger partial charge in [0, 0.05) is 38.3 Å². The van der Waals surface area contributed by atoms with Crippen molar-refractivity contribution in [2.75, 3.05) is 32.7 Å². The number of primary amides is 1. The fourth-order valence-corrected chi connectivity index (χ4v) is 4.28. The maximum Gasteiger partial charge on any atom is 0.237 e. The minimum atomic E-state index is -0.434. The van der Waals surface area contributed by atoms with Crippen molar-refractivity contribution in [2.24, 2.45) is 5.73 Å². The van der Waals surface area contributed by atoms with E-state index in [9.17, 15) is 4.79 Å². The molecule has 2 heterocycles. The maximum atomic E-state index is 11.7. The lowest BCUT2D eigenvalue weighted by Gasteiger charge is -2.33. The Hall–Kier alpha value is -3.07. The molecule has 1 amide bonds. The first-order chi connectivity index (χ1) is 16.0. The number of rotatable bonds is 8. The van der Waals surface area contributed by atoms with Gasteiger partial charge in [0.05, 0.1) is 6.67 Å². The quantitative estimate of drug-likeness (QED) is 0.521. The SMILES string of the molecule is Cc1cccc(-c2nn(CN3CCN(CC=Cc4ccccc4)CC3)c(=S)n2CC(N)=O)c1. The molecule has 1 saturated heterocycles. The molecular formula is C25H30N6OS. The Labute approximate surface area is 199 Å². The molecule has 0 radical (unpaired) electrons. The van der Waals surface area contributed by atoms with E-state index < -0.39 is 5.91 Å². The molecule has 0 aliphatic carbocycles. The summed E-state index contributed by atoms with van der Waals surface area (Å²) in [6, 6.07) is 18.4.